The van der Waals surface area contributed by atoms with E-state index in [4.69, 9.17) is 16.3 Å². The van der Waals surface area contributed by atoms with Gasteiger partial charge in [0.25, 0.3) is 0 Å². The molecule has 5 heteroatoms. The predicted octanol–water partition coefficient (Wildman–Crippen LogP) is 3.70. The molecule has 1 rings (SSSR count). The maximum Gasteiger partial charge on any atom is 0.224 e. The first-order valence-corrected chi connectivity index (χ1v) is 6.76. The van der Waals surface area contributed by atoms with E-state index in [1.54, 1.807) is 13.2 Å². The first-order valence-electron chi connectivity index (χ1n) is 5.30. The Labute approximate surface area is 120 Å². The number of amides is 1. The average molecular weight is 368 g/mol. The maximum absolute atomic E-state index is 11.7. The Morgan fingerprint density at radius 3 is 2.88 bits per heavy atom. The van der Waals surface area contributed by atoms with Crippen molar-refractivity contribution in [3.63, 3.8) is 0 Å². The van der Waals surface area contributed by atoms with Gasteiger partial charge in [0.2, 0.25) is 5.91 Å². The van der Waals surface area contributed by atoms with Crippen molar-refractivity contribution < 1.29 is 9.53 Å². The Balaban J connectivity index is 2.50. The zero-order valence-corrected chi connectivity index (χ0v) is 12.7. The van der Waals surface area contributed by atoms with Crippen molar-refractivity contribution >= 4 is 45.8 Å². The van der Waals surface area contributed by atoms with Crippen LogP contribution >= 0.6 is 34.2 Å². The number of hydrogen-bond acceptors (Lipinski definition) is 2. The summed E-state index contributed by atoms with van der Waals surface area (Å²) in [5, 5.41) is 3.52. The van der Waals surface area contributed by atoms with Crippen LogP contribution in [0.3, 0.4) is 0 Å². The Bertz CT molecular complexity index is 398. The van der Waals surface area contributed by atoms with Gasteiger partial charge in [0.15, 0.2) is 0 Å². The summed E-state index contributed by atoms with van der Waals surface area (Å²) in [5.74, 6) is -0.00543. The molecule has 3 nitrogen and oxygen atoms in total. The molecule has 0 saturated carbocycles. The summed E-state index contributed by atoms with van der Waals surface area (Å²) in [5.41, 5.74) is 0.796. The van der Waals surface area contributed by atoms with Crippen molar-refractivity contribution in [1.29, 1.82) is 0 Å². The minimum absolute atomic E-state index is 0.00543. The van der Waals surface area contributed by atoms with Crippen molar-refractivity contribution in [2.45, 2.75) is 25.9 Å². The number of ether oxygens (including phenoxy) is 1. The van der Waals surface area contributed by atoms with E-state index in [9.17, 15) is 4.79 Å². The van der Waals surface area contributed by atoms with Gasteiger partial charge in [-0.05, 0) is 54.1 Å². The highest BCUT2D eigenvalue weighted by Gasteiger charge is 2.08. The first kappa shape index (κ1) is 14.7. The molecular weight excluding hydrogens is 352 g/mol. The number of carbonyl (C=O) groups excluding carboxylic acids is 1. The number of methoxy groups -OCH3 is 1. The van der Waals surface area contributed by atoms with Gasteiger partial charge < -0.3 is 10.1 Å². The molecule has 0 aliphatic rings. The Morgan fingerprint density at radius 2 is 2.29 bits per heavy atom. The Hall–Kier alpha value is -0.330. The van der Waals surface area contributed by atoms with E-state index < -0.39 is 0 Å². The molecule has 1 aromatic carbocycles. The molecule has 1 atom stereocenters. The fourth-order valence-corrected chi connectivity index (χ4v) is 2.26. The zero-order valence-electron chi connectivity index (χ0n) is 9.80. The SMILES string of the molecule is COC(C)CCC(=O)Nc1ccc(Cl)cc1I. The summed E-state index contributed by atoms with van der Waals surface area (Å²) in [6.45, 7) is 1.94. The zero-order chi connectivity index (χ0) is 12.8. The fraction of sp³-hybridized carbons (Fsp3) is 0.417. The maximum atomic E-state index is 11.7. The highest BCUT2D eigenvalue weighted by Crippen LogP contribution is 2.22. The van der Waals surface area contributed by atoms with Crippen LogP contribution in [0.25, 0.3) is 0 Å². The molecule has 0 spiro atoms. The normalized spacial score (nSPS) is 12.2. The van der Waals surface area contributed by atoms with E-state index in [-0.39, 0.29) is 12.0 Å². The molecule has 0 aliphatic carbocycles. The van der Waals surface area contributed by atoms with E-state index >= 15 is 0 Å². The first-order chi connectivity index (χ1) is 8.02. The van der Waals surface area contributed by atoms with Crippen LogP contribution in [-0.4, -0.2) is 19.1 Å². The van der Waals surface area contributed by atoms with Gasteiger partial charge in [0.1, 0.15) is 0 Å². The van der Waals surface area contributed by atoms with Gasteiger partial charge in [-0.1, -0.05) is 11.6 Å². The van der Waals surface area contributed by atoms with Crippen LogP contribution in [0.4, 0.5) is 5.69 Å². The lowest BCUT2D eigenvalue weighted by molar-refractivity contribution is -0.116. The van der Waals surface area contributed by atoms with E-state index in [1.165, 1.54) is 0 Å². The molecule has 1 unspecified atom stereocenters. The average Bonchev–Trinajstić information content (AvgIpc) is 2.29. The number of nitrogens with one attached hydrogen (secondary N) is 1. The molecule has 0 saturated heterocycles. The topological polar surface area (TPSA) is 38.3 Å². The fourth-order valence-electron chi connectivity index (χ4n) is 1.26. The second-order valence-corrected chi connectivity index (χ2v) is 5.36. The number of benzene rings is 1. The molecule has 0 heterocycles. The van der Waals surface area contributed by atoms with E-state index in [0.717, 1.165) is 9.26 Å². The molecule has 1 aromatic rings. The monoisotopic (exact) mass is 367 g/mol. The molecular formula is C12H15ClINO2. The van der Waals surface area contributed by atoms with Gasteiger partial charge >= 0.3 is 0 Å². The molecule has 0 radical (unpaired) electrons. The summed E-state index contributed by atoms with van der Waals surface area (Å²) in [6.07, 6.45) is 1.27. The molecule has 1 N–H and O–H groups in total. The lowest BCUT2D eigenvalue weighted by atomic mass is 10.2. The third kappa shape index (κ3) is 5.23. The van der Waals surface area contributed by atoms with Crippen molar-refractivity contribution in [2.75, 3.05) is 12.4 Å². The van der Waals surface area contributed by atoms with Crippen molar-refractivity contribution in [3.8, 4) is 0 Å². The van der Waals surface area contributed by atoms with Gasteiger partial charge in [0.05, 0.1) is 11.8 Å². The smallest absolute Gasteiger partial charge is 0.224 e. The molecule has 0 aliphatic heterocycles. The molecule has 0 fully saturated rings. The molecule has 0 bridgehead atoms. The summed E-state index contributed by atoms with van der Waals surface area (Å²) in [7, 11) is 1.64. The Kier molecular flexibility index (Phi) is 6.22. The Morgan fingerprint density at radius 1 is 1.59 bits per heavy atom. The van der Waals surface area contributed by atoms with Gasteiger partial charge in [-0.2, -0.15) is 0 Å². The van der Waals surface area contributed by atoms with E-state index in [2.05, 4.69) is 27.9 Å². The predicted molar refractivity (Wildman–Crippen MR) is 78.5 cm³/mol. The van der Waals surface area contributed by atoms with E-state index in [0.29, 0.717) is 17.9 Å². The van der Waals surface area contributed by atoms with Crippen LogP contribution in [0, 0.1) is 3.57 Å². The van der Waals surface area contributed by atoms with Crippen LogP contribution in [0.1, 0.15) is 19.8 Å². The van der Waals surface area contributed by atoms with Gasteiger partial charge in [-0.3, -0.25) is 4.79 Å². The standard InChI is InChI=1S/C12H15ClINO2/c1-8(17-2)3-6-12(16)15-11-5-4-9(13)7-10(11)14/h4-5,7-8H,3,6H2,1-2H3,(H,15,16). The lowest BCUT2D eigenvalue weighted by Gasteiger charge is -2.10. The number of anilines is 1. The molecule has 1 amide bonds. The minimum atomic E-state index is -0.00543. The molecule has 0 aromatic heterocycles. The molecule has 94 valence electrons. The number of rotatable bonds is 5. The van der Waals surface area contributed by atoms with Gasteiger partial charge in [-0.25, -0.2) is 0 Å². The van der Waals surface area contributed by atoms with Crippen molar-refractivity contribution in [1.82, 2.24) is 0 Å². The highest BCUT2D eigenvalue weighted by atomic mass is 127. The van der Waals surface area contributed by atoms with Crippen LogP contribution < -0.4 is 5.32 Å². The molecule has 17 heavy (non-hydrogen) atoms. The second kappa shape index (κ2) is 7.18. The number of carbonyl (C=O) groups is 1. The highest BCUT2D eigenvalue weighted by molar-refractivity contribution is 14.1. The quantitative estimate of drug-likeness (QED) is 0.806. The third-order valence-corrected chi connectivity index (χ3v) is 3.51. The number of halogens is 2. The number of hydrogen-bond donors (Lipinski definition) is 1. The summed E-state index contributed by atoms with van der Waals surface area (Å²) in [4.78, 5) is 11.7. The minimum Gasteiger partial charge on any atom is -0.382 e. The summed E-state index contributed by atoms with van der Waals surface area (Å²) >= 11 is 7.99. The van der Waals surface area contributed by atoms with Crippen LogP contribution in [-0.2, 0) is 9.53 Å². The third-order valence-electron chi connectivity index (χ3n) is 2.39. The lowest BCUT2D eigenvalue weighted by Crippen LogP contribution is -2.15. The van der Waals surface area contributed by atoms with Crippen molar-refractivity contribution in [2.24, 2.45) is 0 Å². The van der Waals surface area contributed by atoms with Gasteiger partial charge in [0, 0.05) is 22.1 Å². The summed E-state index contributed by atoms with van der Waals surface area (Å²) in [6, 6.07) is 5.38. The second-order valence-electron chi connectivity index (χ2n) is 3.76. The van der Waals surface area contributed by atoms with Gasteiger partial charge in [-0.15, -0.1) is 0 Å². The van der Waals surface area contributed by atoms with Crippen LogP contribution in [0.5, 0.6) is 0 Å². The van der Waals surface area contributed by atoms with Crippen LogP contribution in [0.2, 0.25) is 5.02 Å². The van der Waals surface area contributed by atoms with Crippen LogP contribution in [0.15, 0.2) is 18.2 Å². The van der Waals surface area contributed by atoms with E-state index in [1.807, 2.05) is 19.1 Å². The van der Waals surface area contributed by atoms with Crippen molar-refractivity contribution in [3.05, 3.63) is 26.8 Å². The summed E-state index contributed by atoms with van der Waals surface area (Å²) < 4.78 is 6.02. The largest absolute Gasteiger partial charge is 0.382 e.